The Hall–Kier alpha value is -0.952. The van der Waals surface area contributed by atoms with Crippen molar-refractivity contribution < 1.29 is 9.53 Å². The predicted octanol–water partition coefficient (Wildman–Crippen LogP) is 2.29. The Balaban J connectivity index is 2.88. The van der Waals surface area contributed by atoms with Crippen molar-refractivity contribution in [2.24, 2.45) is 0 Å². The Morgan fingerprint density at radius 3 is 2.38 bits per heavy atom. The van der Waals surface area contributed by atoms with Crippen LogP contribution in [0.2, 0.25) is 17.1 Å². The molecule has 0 atom stereocenters. The van der Waals surface area contributed by atoms with Gasteiger partial charge in [0.2, 0.25) is 0 Å². The molecule has 0 unspecified atom stereocenters. The summed E-state index contributed by atoms with van der Waals surface area (Å²) in [5.41, 5.74) is 6.89. The van der Waals surface area contributed by atoms with Crippen molar-refractivity contribution in [1.29, 1.82) is 0 Å². The van der Waals surface area contributed by atoms with Crippen LogP contribution in [0.25, 0.3) is 0 Å². The van der Waals surface area contributed by atoms with Gasteiger partial charge in [0.05, 0.1) is 0 Å². The quantitative estimate of drug-likeness (QED) is 0.780. The maximum atomic E-state index is 11.4. The van der Waals surface area contributed by atoms with Gasteiger partial charge in [0.1, 0.15) is 0 Å². The Morgan fingerprint density at radius 1 is 1.25 bits per heavy atom. The van der Waals surface area contributed by atoms with E-state index in [0.717, 1.165) is 0 Å². The Bertz CT molecular complexity index is 383. The number of carbonyl (C=O) groups excluding carboxylic acids is 1. The van der Waals surface area contributed by atoms with Gasteiger partial charge in [0, 0.05) is 0 Å². The van der Waals surface area contributed by atoms with Crippen molar-refractivity contribution in [3.8, 4) is 5.75 Å². The van der Waals surface area contributed by atoms with E-state index in [1.807, 2.05) is 18.2 Å². The van der Waals surface area contributed by atoms with Crippen molar-refractivity contribution in [3.63, 3.8) is 0 Å². The van der Waals surface area contributed by atoms with E-state index < -0.39 is 13.6 Å². The summed E-state index contributed by atoms with van der Waals surface area (Å²) in [6, 6.07) is 7.85. The zero-order valence-corrected chi connectivity index (χ0v) is 12.4. The summed E-state index contributed by atoms with van der Waals surface area (Å²) in [7, 11) is 3.35. The molecule has 0 aliphatic rings. The third kappa shape index (κ3) is 3.57. The van der Waals surface area contributed by atoms with Gasteiger partial charge in [0.15, 0.2) is 0 Å². The van der Waals surface area contributed by atoms with Gasteiger partial charge in [0.25, 0.3) is 0 Å². The summed E-state index contributed by atoms with van der Waals surface area (Å²) < 4.78 is 6.55. The van der Waals surface area contributed by atoms with E-state index in [1.54, 1.807) is 14.1 Å². The summed E-state index contributed by atoms with van der Waals surface area (Å²) in [6.07, 6.45) is -0.336. The first-order valence-electron chi connectivity index (χ1n) is 5.12. The maximum absolute atomic E-state index is 11.4. The summed E-state index contributed by atoms with van der Waals surface area (Å²) in [6.45, 7) is 0. The molecule has 4 heteroatoms. The topological polar surface area (TPSA) is 29.5 Å². The van der Waals surface area contributed by atoms with Gasteiger partial charge in [-0.2, -0.15) is 0 Å². The van der Waals surface area contributed by atoms with Crippen LogP contribution >= 0.6 is 0 Å². The molecule has 0 fully saturated rings. The molecule has 0 bridgehead atoms. The molecule has 1 aromatic rings. The van der Waals surface area contributed by atoms with Gasteiger partial charge in [-0.1, -0.05) is 0 Å². The second kappa shape index (κ2) is 4.92. The first-order valence-corrected chi connectivity index (χ1v) is 11.7. The van der Waals surface area contributed by atoms with Crippen molar-refractivity contribution in [2.75, 3.05) is 14.1 Å². The Morgan fingerprint density at radius 2 is 1.88 bits per heavy atom. The fourth-order valence-corrected chi connectivity index (χ4v) is 3.35. The van der Waals surface area contributed by atoms with Crippen molar-refractivity contribution in [3.05, 3.63) is 24.3 Å². The van der Waals surface area contributed by atoms with Gasteiger partial charge < -0.3 is 0 Å². The summed E-state index contributed by atoms with van der Waals surface area (Å²) >= 11 is -1.68. The zero-order valence-electron chi connectivity index (χ0n) is 10.5. The minimum atomic E-state index is -1.68. The summed E-state index contributed by atoms with van der Waals surface area (Å²) in [5, 5.41) is 0. The molecular weight excluding hydrogens is 265 g/mol. The monoisotopic (exact) mass is 284 g/mol. The number of nitrogens with zero attached hydrogens (tertiary/aromatic N) is 1. The number of benzene rings is 1. The minimum absolute atomic E-state index is 0.336. The van der Waals surface area contributed by atoms with Gasteiger partial charge in [-0.05, 0) is 0 Å². The molecule has 0 aliphatic heterocycles. The molecule has 1 aromatic carbocycles. The van der Waals surface area contributed by atoms with Crippen LogP contribution in [-0.2, 0) is 0 Å². The summed E-state index contributed by atoms with van der Waals surface area (Å²) in [4.78, 5) is 12.8. The molecule has 16 heavy (non-hydrogen) atoms. The number of ether oxygens (including phenoxy) is 1. The van der Waals surface area contributed by atoms with Crippen molar-refractivity contribution in [2.45, 2.75) is 17.1 Å². The molecule has 0 spiro atoms. The van der Waals surface area contributed by atoms with Crippen LogP contribution in [0.3, 0.4) is 0 Å². The molecule has 3 nitrogen and oxygen atoms in total. The van der Waals surface area contributed by atoms with Crippen molar-refractivity contribution >= 4 is 24.0 Å². The van der Waals surface area contributed by atoms with Crippen LogP contribution in [0, 0.1) is 0 Å². The number of amides is 1. The van der Waals surface area contributed by atoms with Gasteiger partial charge in [-0.3, -0.25) is 0 Å². The first-order chi connectivity index (χ1) is 7.30. The SMILES string of the molecule is CN(C)C(=O)Oc1cccc([As+](C)(C)C)c1. The van der Waals surface area contributed by atoms with E-state index in [-0.39, 0.29) is 6.09 Å². The normalized spacial score (nSPS) is 11.1. The molecule has 1 amide bonds. The van der Waals surface area contributed by atoms with E-state index in [9.17, 15) is 4.79 Å². The Labute approximate surface area is 99.8 Å². The average molecular weight is 284 g/mol. The number of hydrogen-bond acceptors (Lipinski definition) is 2. The van der Waals surface area contributed by atoms with Crippen LogP contribution in [0.4, 0.5) is 4.79 Å². The number of rotatable bonds is 2. The van der Waals surface area contributed by atoms with Crippen LogP contribution < -0.4 is 9.09 Å². The average Bonchev–Trinajstić information content (AvgIpc) is 2.16. The van der Waals surface area contributed by atoms with Crippen LogP contribution in [0.5, 0.6) is 5.75 Å². The van der Waals surface area contributed by atoms with Gasteiger partial charge >= 0.3 is 99.7 Å². The Kier molecular flexibility index (Phi) is 4.03. The number of carbonyl (C=O) groups is 1. The standard InChI is InChI=1S/C12H19AsNO2/c1-13(2,3)10-7-6-8-11(9-10)16-12(15)14(4)5/h6-9H,1-5H3/q+1. The van der Waals surface area contributed by atoms with Gasteiger partial charge in [-0.25, -0.2) is 0 Å². The van der Waals surface area contributed by atoms with E-state index in [0.29, 0.717) is 5.75 Å². The van der Waals surface area contributed by atoms with E-state index >= 15 is 0 Å². The summed E-state index contributed by atoms with van der Waals surface area (Å²) in [5.74, 6) is 0.632. The van der Waals surface area contributed by atoms with E-state index in [4.69, 9.17) is 4.74 Å². The molecule has 88 valence electrons. The van der Waals surface area contributed by atoms with E-state index in [2.05, 4.69) is 23.2 Å². The third-order valence-corrected chi connectivity index (χ3v) is 6.00. The fraction of sp³-hybridized carbons (Fsp3) is 0.417. The van der Waals surface area contributed by atoms with Crippen LogP contribution in [-0.4, -0.2) is 38.6 Å². The number of hydrogen-bond donors (Lipinski definition) is 0. The molecule has 0 saturated heterocycles. The second-order valence-electron chi connectivity index (χ2n) is 4.77. The van der Waals surface area contributed by atoms with Gasteiger partial charge in [-0.15, -0.1) is 0 Å². The molecule has 0 saturated carbocycles. The van der Waals surface area contributed by atoms with E-state index in [1.165, 1.54) is 9.25 Å². The molecule has 1 rings (SSSR count). The molecule has 0 radical (unpaired) electrons. The first kappa shape index (κ1) is 13.1. The van der Waals surface area contributed by atoms with Crippen molar-refractivity contribution in [1.82, 2.24) is 4.90 Å². The van der Waals surface area contributed by atoms with Crippen LogP contribution in [0.1, 0.15) is 0 Å². The predicted molar refractivity (Wildman–Crippen MR) is 69.1 cm³/mol. The fourth-order valence-electron chi connectivity index (χ4n) is 1.16. The molecule has 0 aliphatic carbocycles. The molecule has 0 N–H and O–H groups in total. The second-order valence-corrected chi connectivity index (χ2v) is 14.3. The molecule has 0 aromatic heterocycles. The third-order valence-electron chi connectivity index (χ3n) is 2.16. The van der Waals surface area contributed by atoms with Crippen LogP contribution in [0.15, 0.2) is 24.3 Å². The molecule has 0 heterocycles. The zero-order chi connectivity index (χ0) is 12.3. The molecular formula is C12H19AsNO2+.